The average Bonchev–Trinajstić information content (AvgIpc) is 3.16. The topological polar surface area (TPSA) is 48.1 Å². The molecule has 0 aromatic carbocycles. The molecule has 0 unspecified atom stereocenters. The van der Waals surface area contributed by atoms with Crippen molar-refractivity contribution in [1.29, 1.82) is 0 Å². The van der Waals surface area contributed by atoms with E-state index in [4.69, 9.17) is 0 Å². The number of nitrogens with zero attached hydrogens (tertiary/aromatic N) is 4. The van der Waals surface area contributed by atoms with Gasteiger partial charge in [-0.2, -0.15) is 0 Å². The van der Waals surface area contributed by atoms with Crippen LogP contribution in [-0.4, -0.2) is 57.1 Å². The van der Waals surface area contributed by atoms with Crippen molar-refractivity contribution in [2.24, 2.45) is 0 Å². The van der Waals surface area contributed by atoms with E-state index < -0.39 is 6.17 Å². The van der Waals surface area contributed by atoms with E-state index >= 15 is 0 Å². The number of alkyl halides is 1. The predicted octanol–water partition coefficient (Wildman–Crippen LogP) is 2.22. The zero-order valence-corrected chi connectivity index (χ0v) is 13.8. The lowest BCUT2D eigenvalue weighted by Gasteiger charge is -2.27. The SMILES string of the molecule is Cc1ncsc1CN1C[C@@H](F)C[C@H]1CN(C)Cc1ncc[nH]1. The number of hydrogen-bond donors (Lipinski definition) is 1. The lowest BCUT2D eigenvalue weighted by Crippen LogP contribution is -2.38. The molecule has 22 heavy (non-hydrogen) atoms. The van der Waals surface area contributed by atoms with Crippen molar-refractivity contribution in [2.75, 3.05) is 20.1 Å². The van der Waals surface area contributed by atoms with Gasteiger partial charge >= 0.3 is 0 Å². The maximum absolute atomic E-state index is 13.9. The van der Waals surface area contributed by atoms with Crippen molar-refractivity contribution in [1.82, 2.24) is 24.8 Å². The number of H-pyrrole nitrogens is 1. The molecule has 120 valence electrons. The highest BCUT2D eigenvalue weighted by Gasteiger charge is 2.33. The Hall–Kier alpha value is -1.31. The maximum Gasteiger partial charge on any atom is 0.120 e. The average molecular weight is 323 g/mol. The van der Waals surface area contributed by atoms with Crippen molar-refractivity contribution in [2.45, 2.75) is 38.6 Å². The molecule has 0 aliphatic carbocycles. The Balaban J connectivity index is 1.59. The summed E-state index contributed by atoms with van der Waals surface area (Å²) in [5.41, 5.74) is 2.93. The molecule has 0 bridgehead atoms. The highest BCUT2D eigenvalue weighted by Crippen LogP contribution is 2.25. The third-order valence-corrected chi connectivity index (χ3v) is 5.09. The molecular formula is C15H22FN5S. The fraction of sp³-hybridized carbons (Fsp3) is 0.600. The normalized spacial score (nSPS) is 22.7. The summed E-state index contributed by atoms with van der Waals surface area (Å²) in [5, 5.41) is 0. The monoisotopic (exact) mass is 323 g/mol. The number of likely N-dealkylation sites (N-methyl/N-ethyl adjacent to an activating group) is 1. The molecule has 7 heteroatoms. The smallest absolute Gasteiger partial charge is 0.120 e. The van der Waals surface area contributed by atoms with Gasteiger partial charge in [0.2, 0.25) is 0 Å². The highest BCUT2D eigenvalue weighted by molar-refractivity contribution is 7.09. The summed E-state index contributed by atoms with van der Waals surface area (Å²) in [7, 11) is 2.06. The quantitative estimate of drug-likeness (QED) is 0.885. The standard InChI is InChI=1S/C15H22FN5S/c1-11-14(22-10-19-11)8-21-6-12(16)5-13(21)7-20(2)9-15-17-3-4-18-15/h3-4,10,12-13H,5-9H2,1-2H3,(H,17,18)/t12-,13-/m0/s1. The van der Waals surface area contributed by atoms with Crippen LogP contribution in [-0.2, 0) is 13.1 Å². The molecule has 3 heterocycles. The Kier molecular flexibility index (Phi) is 4.85. The predicted molar refractivity (Wildman–Crippen MR) is 85.5 cm³/mol. The van der Waals surface area contributed by atoms with Gasteiger partial charge in [-0.1, -0.05) is 0 Å². The fourth-order valence-electron chi connectivity index (χ4n) is 3.03. The first kappa shape index (κ1) is 15.6. The van der Waals surface area contributed by atoms with Crippen LogP contribution in [0.1, 0.15) is 22.8 Å². The molecule has 3 rings (SSSR count). The number of nitrogens with one attached hydrogen (secondary N) is 1. The summed E-state index contributed by atoms with van der Waals surface area (Å²) in [6.07, 6.45) is 3.47. The van der Waals surface area contributed by atoms with Crippen LogP contribution in [0.25, 0.3) is 0 Å². The van der Waals surface area contributed by atoms with Crippen LogP contribution in [0.15, 0.2) is 17.9 Å². The molecule has 2 aromatic rings. The summed E-state index contributed by atoms with van der Waals surface area (Å²) in [6, 6.07) is 0.247. The van der Waals surface area contributed by atoms with Crippen LogP contribution in [0.2, 0.25) is 0 Å². The number of aromatic amines is 1. The van der Waals surface area contributed by atoms with Gasteiger partial charge in [-0.25, -0.2) is 14.4 Å². The van der Waals surface area contributed by atoms with Crippen LogP contribution in [0, 0.1) is 6.92 Å². The van der Waals surface area contributed by atoms with Gasteiger partial charge < -0.3 is 4.98 Å². The minimum Gasteiger partial charge on any atom is -0.348 e. The summed E-state index contributed by atoms with van der Waals surface area (Å²) in [5.74, 6) is 0.946. The number of aryl methyl sites for hydroxylation is 1. The van der Waals surface area contributed by atoms with Crippen LogP contribution in [0.4, 0.5) is 4.39 Å². The van der Waals surface area contributed by atoms with Crippen molar-refractivity contribution >= 4 is 11.3 Å². The molecule has 2 atom stereocenters. The second kappa shape index (κ2) is 6.85. The van der Waals surface area contributed by atoms with Gasteiger partial charge in [0.25, 0.3) is 0 Å². The Labute approximate surface area is 134 Å². The molecule has 1 aliphatic rings. The Morgan fingerprint density at radius 3 is 3.05 bits per heavy atom. The minimum absolute atomic E-state index is 0.247. The van der Waals surface area contributed by atoms with E-state index in [2.05, 4.69) is 31.8 Å². The van der Waals surface area contributed by atoms with Crippen molar-refractivity contribution in [3.05, 3.63) is 34.3 Å². The van der Waals surface area contributed by atoms with Gasteiger partial charge in [0.1, 0.15) is 12.0 Å². The molecule has 1 saturated heterocycles. The highest BCUT2D eigenvalue weighted by atomic mass is 32.1. The van der Waals surface area contributed by atoms with E-state index in [0.29, 0.717) is 13.0 Å². The van der Waals surface area contributed by atoms with Crippen molar-refractivity contribution in [3.8, 4) is 0 Å². The van der Waals surface area contributed by atoms with E-state index in [1.54, 1.807) is 17.5 Å². The molecule has 2 aromatic heterocycles. The van der Waals surface area contributed by atoms with Gasteiger partial charge in [-0.15, -0.1) is 11.3 Å². The van der Waals surface area contributed by atoms with Crippen LogP contribution in [0.5, 0.6) is 0 Å². The zero-order chi connectivity index (χ0) is 15.5. The van der Waals surface area contributed by atoms with E-state index in [1.165, 1.54) is 4.88 Å². The van der Waals surface area contributed by atoms with Crippen molar-refractivity contribution < 1.29 is 4.39 Å². The lowest BCUT2D eigenvalue weighted by molar-refractivity contribution is 0.180. The van der Waals surface area contributed by atoms with Gasteiger partial charge in [0.15, 0.2) is 0 Å². The molecular weight excluding hydrogens is 301 g/mol. The molecule has 1 aliphatic heterocycles. The number of likely N-dealkylation sites (tertiary alicyclic amines) is 1. The lowest BCUT2D eigenvalue weighted by atomic mass is 10.2. The third-order valence-electron chi connectivity index (χ3n) is 4.17. The fourth-order valence-corrected chi connectivity index (χ4v) is 3.83. The molecule has 1 N–H and O–H groups in total. The molecule has 0 amide bonds. The van der Waals surface area contributed by atoms with E-state index in [9.17, 15) is 4.39 Å². The molecule has 1 fully saturated rings. The number of rotatable bonds is 6. The summed E-state index contributed by atoms with van der Waals surface area (Å²) in [6.45, 7) is 4.95. The Morgan fingerprint density at radius 1 is 1.50 bits per heavy atom. The summed E-state index contributed by atoms with van der Waals surface area (Å²) >= 11 is 1.66. The van der Waals surface area contributed by atoms with Crippen LogP contribution in [0.3, 0.4) is 0 Å². The van der Waals surface area contributed by atoms with Gasteiger partial charge in [0, 0.05) is 42.9 Å². The zero-order valence-electron chi connectivity index (χ0n) is 13.0. The first-order valence-corrected chi connectivity index (χ1v) is 8.43. The molecule has 0 saturated carbocycles. The minimum atomic E-state index is -0.727. The van der Waals surface area contributed by atoms with Crippen molar-refractivity contribution in [3.63, 3.8) is 0 Å². The number of thiazole rings is 1. The first-order valence-electron chi connectivity index (χ1n) is 7.55. The number of halogens is 1. The summed E-state index contributed by atoms with van der Waals surface area (Å²) < 4.78 is 13.9. The number of imidazole rings is 1. The number of aromatic nitrogens is 3. The first-order chi connectivity index (χ1) is 10.6. The van der Waals surface area contributed by atoms with Crippen LogP contribution >= 0.6 is 11.3 Å². The van der Waals surface area contributed by atoms with Gasteiger partial charge in [0.05, 0.1) is 17.7 Å². The van der Waals surface area contributed by atoms with Gasteiger partial charge in [-0.05, 0) is 20.4 Å². The van der Waals surface area contributed by atoms with E-state index in [1.807, 2.05) is 18.6 Å². The summed E-state index contributed by atoms with van der Waals surface area (Å²) in [4.78, 5) is 17.3. The van der Waals surface area contributed by atoms with E-state index in [0.717, 1.165) is 31.2 Å². The third kappa shape index (κ3) is 3.71. The maximum atomic E-state index is 13.9. The van der Waals surface area contributed by atoms with E-state index in [-0.39, 0.29) is 6.04 Å². The van der Waals surface area contributed by atoms with Gasteiger partial charge in [-0.3, -0.25) is 9.80 Å². The molecule has 0 spiro atoms. The Bertz CT molecular complexity index is 585. The second-order valence-corrected chi connectivity index (χ2v) is 6.95. The second-order valence-electron chi connectivity index (χ2n) is 6.01. The largest absolute Gasteiger partial charge is 0.348 e. The molecule has 0 radical (unpaired) electrons. The number of hydrogen-bond acceptors (Lipinski definition) is 5. The van der Waals surface area contributed by atoms with Crippen LogP contribution < -0.4 is 0 Å². The Morgan fingerprint density at radius 2 is 2.36 bits per heavy atom. The molecule has 5 nitrogen and oxygen atoms in total.